The molecule has 0 spiro atoms. The van der Waals surface area contributed by atoms with Crippen molar-refractivity contribution in [2.24, 2.45) is 0 Å². The average Bonchev–Trinajstić information content (AvgIpc) is 2.73. The first-order valence-electron chi connectivity index (χ1n) is 7.22. The number of hydrogen-bond donors (Lipinski definition) is 2. The van der Waals surface area contributed by atoms with Crippen LogP contribution in [0.1, 0.15) is 48.0 Å². The van der Waals surface area contributed by atoms with Gasteiger partial charge in [-0.3, -0.25) is 0 Å². The third-order valence-corrected chi connectivity index (χ3v) is 4.31. The van der Waals surface area contributed by atoms with Gasteiger partial charge in [-0.05, 0) is 38.8 Å². The van der Waals surface area contributed by atoms with Crippen LogP contribution >= 0.6 is 11.3 Å². The standard InChI is InChI=1S/C15H26N2O2S/c1-5-6-7-17(8-9-18)15(19)16-12(3)14-10-11(2)20-13(14)4/h10,12,18H,5-9H2,1-4H3,(H,16,19). The topological polar surface area (TPSA) is 52.6 Å². The molecule has 1 unspecified atom stereocenters. The zero-order valence-electron chi connectivity index (χ0n) is 12.9. The lowest BCUT2D eigenvalue weighted by molar-refractivity contribution is 0.173. The molecule has 20 heavy (non-hydrogen) atoms. The van der Waals surface area contributed by atoms with Crippen molar-refractivity contribution in [1.82, 2.24) is 10.2 Å². The van der Waals surface area contributed by atoms with Gasteiger partial charge < -0.3 is 15.3 Å². The highest BCUT2D eigenvalue weighted by Gasteiger charge is 2.17. The van der Waals surface area contributed by atoms with E-state index in [1.165, 1.54) is 15.3 Å². The Morgan fingerprint density at radius 1 is 1.45 bits per heavy atom. The van der Waals surface area contributed by atoms with Crippen LogP contribution in [0.3, 0.4) is 0 Å². The number of aryl methyl sites for hydroxylation is 2. The lowest BCUT2D eigenvalue weighted by Gasteiger charge is -2.24. The number of carbonyl (C=O) groups is 1. The first kappa shape index (κ1) is 17.0. The number of carbonyl (C=O) groups excluding carboxylic acids is 1. The monoisotopic (exact) mass is 298 g/mol. The minimum Gasteiger partial charge on any atom is -0.395 e. The molecule has 0 saturated carbocycles. The number of hydrogen-bond acceptors (Lipinski definition) is 3. The number of urea groups is 1. The summed E-state index contributed by atoms with van der Waals surface area (Å²) in [5, 5.41) is 12.1. The number of thiophene rings is 1. The smallest absolute Gasteiger partial charge is 0.317 e. The quantitative estimate of drug-likeness (QED) is 0.812. The van der Waals surface area contributed by atoms with Crippen LogP contribution in [0.25, 0.3) is 0 Å². The maximum atomic E-state index is 12.2. The van der Waals surface area contributed by atoms with E-state index in [0.717, 1.165) is 12.8 Å². The van der Waals surface area contributed by atoms with Gasteiger partial charge in [0, 0.05) is 22.8 Å². The molecule has 0 aliphatic carbocycles. The Kier molecular flexibility index (Phi) is 7.02. The van der Waals surface area contributed by atoms with E-state index in [1.54, 1.807) is 16.2 Å². The number of aliphatic hydroxyl groups is 1. The van der Waals surface area contributed by atoms with Crippen LogP contribution in [-0.4, -0.2) is 35.7 Å². The molecular formula is C15H26N2O2S. The highest BCUT2D eigenvalue weighted by Crippen LogP contribution is 2.26. The maximum Gasteiger partial charge on any atom is 0.317 e. The van der Waals surface area contributed by atoms with Crippen LogP contribution in [0.4, 0.5) is 4.79 Å². The zero-order valence-corrected chi connectivity index (χ0v) is 13.7. The van der Waals surface area contributed by atoms with E-state index in [-0.39, 0.29) is 18.7 Å². The molecule has 5 heteroatoms. The van der Waals surface area contributed by atoms with Crippen LogP contribution < -0.4 is 5.32 Å². The molecule has 1 atom stereocenters. The lowest BCUT2D eigenvalue weighted by Crippen LogP contribution is -2.43. The van der Waals surface area contributed by atoms with Crippen molar-refractivity contribution in [2.45, 2.75) is 46.6 Å². The molecule has 0 fully saturated rings. The minimum atomic E-state index is -0.0942. The second-order valence-electron chi connectivity index (χ2n) is 5.10. The van der Waals surface area contributed by atoms with Crippen molar-refractivity contribution in [3.63, 3.8) is 0 Å². The van der Waals surface area contributed by atoms with Gasteiger partial charge in [0.15, 0.2) is 0 Å². The van der Waals surface area contributed by atoms with Gasteiger partial charge in [0.05, 0.1) is 12.6 Å². The van der Waals surface area contributed by atoms with Gasteiger partial charge in [-0.25, -0.2) is 4.79 Å². The molecule has 0 bridgehead atoms. The molecule has 114 valence electrons. The number of rotatable bonds is 7. The number of nitrogens with zero attached hydrogens (tertiary/aromatic N) is 1. The summed E-state index contributed by atoms with van der Waals surface area (Å²) in [6, 6.07) is 2.03. The van der Waals surface area contributed by atoms with Gasteiger partial charge >= 0.3 is 6.03 Å². The van der Waals surface area contributed by atoms with E-state index in [2.05, 4.69) is 32.2 Å². The van der Waals surface area contributed by atoms with E-state index in [9.17, 15) is 4.79 Å². The highest BCUT2D eigenvalue weighted by molar-refractivity contribution is 7.12. The van der Waals surface area contributed by atoms with Crippen molar-refractivity contribution in [2.75, 3.05) is 19.7 Å². The SMILES string of the molecule is CCCCN(CCO)C(=O)NC(C)c1cc(C)sc1C. The van der Waals surface area contributed by atoms with Crippen molar-refractivity contribution < 1.29 is 9.90 Å². The fourth-order valence-electron chi connectivity index (χ4n) is 2.22. The molecule has 2 N–H and O–H groups in total. The van der Waals surface area contributed by atoms with E-state index in [4.69, 9.17) is 5.11 Å². The molecule has 0 saturated heterocycles. The summed E-state index contributed by atoms with van der Waals surface area (Å²) in [5.74, 6) is 0. The van der Waals surface area contributed by atoms with Gasteiger partial charge in [0.1, 0.15) is 0 Å². The summed E-state index contributed by atoms with van der Waals surface area (Å²) in [6.07, 6.45) is 1.99. The van der Waals surface area contributed by atoms with Gasteiger partial charge in [-0.15, -0.1) is 11.3 Å². The molecule has 0 aliphatic heterocycles. The number of amides is 2. The lowest BCUT2D eigenvalue weighted by atomic mass is 10.1. The predicted molar refractivity (Wildman–Crippen MR) is 84.3 cm³/mol. The molecule has 2 amide bonds. The number of unbranched alkanes of at least 4 members (excludes halogenated alkanes) is 1. The fraction of sp³-hybridized carbons (Fsp3) is 0.667. The van der Waals surface area contributed by atoms with Gasteiger partial charge in [-0.1, -0.05) is 13.3 Å². The van der Waals surface area contributed by atoms with Crippen LogP contribution in [0.5, 0.6) is 0 Å². The summed E-state index contributed by atoms with van der Waals surface area (Å²) >= 11 is 1.75. The van der Waals surface area contributed by atoms with E-state index >= 15 is 0 Å². The Bertz CT molecular complexity index is 432. The summed E-state index contributed by atoms with van der Waals surface area (Å²) in [7, 11) is 0. The van der Waals surface area contributed by atoms with Crippen LogP contribution in [0.15, 0.2) is 6.07 Å². The van der Waals surface area contributed by atoms with Crippen molar-refractivity contribution in [1.29, 1.82) is 0 Å². The third kappa shape index (κ3) is 4.80. The Labute approximate surface area is 125 Å². The zero-order chi connectivity index (χ0) is 15.1. The molecule has 1 rings (SSSR count). The van der Waals surface area contributed by atoms with E-state index < -0.39 is 0 Å². The normalized spacial score (nSPS) is 12.2. The Morgan fingerprint density at radius 3 is 2.65 bits per heavy atom. The summed E-state index contributed by atoms with van der Waals surface area (Å²) in [4.78, 5) is 16.4. The van der Waals surface area contributed by atoms with Crippen molar-refractivity contribution in [3.05, 3.63) is 21.4 Å². The molecule has 1 aromatic rings. The van der Waals surface area contributed by atoms with E-state index in [1.807, 2.05) is 6.92 Å². The minimum absolute atomic E-state index is 0.00209. The first-order valence-corrected chi connectivity index (χ1v) is 8.04. The molecule has 4 nitrogen and oxygen atoms in total. The molecule has 1 aromatic heterocycles. The average molecular weight is 298 g/mol. The van der Waals surface area contributed by atoms with Gasteiger partial charge in [0.2, 0.25) is 0 Å². The third-order valence-electron chi connectivity index (χ3n) is 3.32. The van der Waals surface area contributed by atoms with Crippen LogP contribution in [0.2, 0.25) is 0 Å². The van der Waals surface area contributed by atoms with Gasteiger partial charge in [0.25, 0.3) is 0 Å². The highest BCUT2D eigenvalue weighted by atomic mass is 32.1. The van der Waals surface area contributed by atoms with Crippen LogP contribution in [-0.2, 0) is 0 Å². The largest absolute Gasteiger partial charge is 0.395 e. The Hall–Kier alpha value is -1.07. The second-order valence-corrected chi connectivity index (χ2v) is 6.56. The summed E-state index contributed by atoms with van der Waals surface area (Å²) < 4.78 is 0. The number of nitrogens with one attached hydrogen (secondary N) is 1. The first-order chi connectivity index (χ1) is 9.49. The summed E-state index contributed by atoms with van der Waals surface area (Å²) in [6.45, 7) is 9.34. The molecular weight excluding hydrogens is 272 g/mol. The fourth-order valence-corrected chi connectivity index (χ4v) is 3.24. The second kappa shape index (κ2) is 8.27. The van der Waals surface area contributed by atoms with Crippen molar-refractivity contribution in [3.8, 4) is 0 Å². The summed E-state index contributed by atoms with van der Waals surface area (Å²) in [5.41, 5.74) is 1.18. The molecule has 0 radical (unpaired) electrons. The Morgan fingerprint density at radius 2 is 2.15 bits per heavy atom. The van der Waals surface area contributed by atoms with Gasteiger partial charge in [-0.2, -0.15) is 0 Å². The molecule has 0 aliphatic rings. The maximum absolute atomic E-state index is 12.2. The van der Waals surface area contributed by atoms with Crippen LogP contribution in [0, 0.1) is 13.8 Å². The molecule has 1 heterocycles. The Balaban J connectivity index is 2.64. The predicted octanol–water partition coefficient (Wildman–Crippen LogP) is 3.23. The van der Waals surface area contributed by atoms with Crippen molar-refractivity contribution >= 4 is 17.4 Å². The van der Waals surface area contributed by atoms with E-state index in [0.29, 0.717) is 13.1 Å². The molecule has 0 aromatic carbocycles. The number of aliphatic hydroxyl groups excluding tert-OH is 1.